The quantitative estimate of drug-likeness (QED) is 0.642. The van der Waals surface area contributed by atoms with Gasteiger partial charge in [-0.3, -0.25) is 9.88 Å². The summed E-state index contributed by atoms with van der Waals surface area (Å²) in [6.07, 6.45) is 8.50. The van der Waals surface area contributed by atoms with Crippen LogP contribution in [0.4, 0.5) is 0 Å². The molecule has 1 fully saturated rings. The van der Waals surface area contributed by atoms with Crippen molar-refractivity contribution >= 4 is 23.2 Å². The number of likely N-dealkylation sites (tertiary alicyclic amines) is 1. The largest absolute Gasteiger partial charge is 0.490 e. The van der Waals surface area contributed by atoms with Gasteiger partial charge in [-0.25, -0.2) is 0 Å². The van der Waals surface area contributed by atoms with Crippen molar-refractivity contribution in [1.29, 1.82) is 0 Å². The molecule has 0 bridgehead atoms. The van der Waals surface area contributed by atoms with Gasteiger partial charge in [0.25, 0.3) is 0 Å². The van der Waals surface area contributed by atoms with Crippen LogP contribution in [0.15, 0.2) is 42.7 Å². The smallest absolute Gasteiger partial charge is 0.156 e. The number of benzene rings is 1. The van der Waals surface area contributed by atoms with Crippen molar-refractivity contribution in [1.82, 2.24) is 9.88 Å². The second kappa shape index (κ2) is 8.70. The zero-order valence-corrected chi connectivity index (χ0v) is 15.1. The fourth-order valence-corrected chi connectivity index (χ4v) is 3.78. The molecule has 1 aromatic heterocycles. The van der Waals surface area contributed by atoms with Crippen LogP contribution in [-0.2, 0) is 0 Å². The van der Waals surface area contributed by atoms with Crippen LogP contribution in [0.5, 0.6) is 5.75 Å². The fraction of sp³-hybridized carbons (Fsp3) is 0.421. The zero-order chi connectivity index (χ0) is 16.8. The average molecular weight is 365 g/mol. The van der Waals surface area contributed by atoms with E-state index in [-0.39, 0.29) is 0 Å². The molecule has 128 valence electrons. The zero-order valence-electron chi connectivity index (χ0n) is 13.6. The van der Waals surface area contributed by atoms with Crippen LogP contribution < -0.4 is 4.74 Å². The molecule has 0 N–H and O–H groups in total. The highest BCUT2D eigenvalue weighted by molar-refractivity contribution is 6.37. The molecule has 1 aliphatic heterocycles. The minimum atomic E-state index is 0.469. The highest BCUT2D eigenvalue weighted by Crippen LogP contribution is 2.33. The Morgan fingerprint density at radius 3 is 2.71 bits per heavy atom. The lowest BCUT2D eigenvalue weighted by Gasteiger charge is -2.35. The van der Waals surface area contributed by atoms with Gasteiger partial charge in [0.15, 0.2) is 5.75 Å². The normalized spacial score (nSPS) is 18.5. The Kier molecular flexibility index (Phi) is 6.36. The van der Waals surface area contributed by atoms with Crippen LogP contribution in [-0.4, -0.2) is 29.6 Å². The van der Waals surface area contributed by atoms with Gasteiger partial charge in [0.2, 0.25) is 0 Å². The SMILES string of the molecule is Clc1cccc(Cl)c1OCCCN1CCCC[C@H]1c1cccnc1. The first-order chi connectivity index (χ1) is 11.8. The first kappa shape index (κ1) is 17.5. The van der Waals surface area contributed by atoms with E-state index in [9.17, 15) is 0 Å². The first-order valence-electron chi connectivity index (χ1n) is 8.46. The Bertz CT molecular complexity index is 631. The Labute approximate surface area is 153 Å². The average Bonchev–Trinajstić information content (AvgIpc) is 2.62. The molecule has 0 unspecified atom stereocenters. The fourth-order valence-electron chi connectivity index (χ4n) is 3.27. The molecule has 3 nitrogen and oxygen atoms in total. The molecule has 0 saturated carbocycles. The summed E-state index contributed by atoms with van der Waals surface area (Å²) < 4.78 is 5.80. The summed E-state index contributed by atoms with van der Waals surface area (Å²) in [5.74, 6) is 0.586. The Morgan fingerprint density at radius 1 is 1.12 bits per heavy atom. The van der Waals surface area contributed by atoms with Crippen LogP contribution in [0.2, 0.25) is 10.0 Å². The third kappa shape index (κ3) is 4.41. The van der Waals surface area contributed by atoms with Crippen molar-refractivity contribution in [3.8, 4) is 5.75 Å². The predicted molar refractivity (Wildman–Crippen MR) is 99.0 cm³/mol. The number of aromatic nitrogens is 1. The number of nitrogens with zero attached hydrogens (tertiary/aromatic N) is 2. The number of hydrogen-bond acceptors (Lipinski definition) is 3. The van der Waals surface area contributed by atoms with Crippen LogP contribution in [0, 0.1) is 0 Å². The van der Waals surface area contributed by atoms with E-state index in [4.69, 9.17) is 27.9 Å². The second-order valence-electron chi connectivity index (χ2n) is 6.09. The second-order valence-corrected chi connectivity index (χ2v) is 6.90. The molecule has 2 heterocycles. The summed E-state index contributed by atoms with van der Waals surface area (Å²) in [6.45, 7) is 2.74. The van der Waals surface area contributed by atoms with E-state index in [0.29, 0.717) is 28.4 Å². The van der Waals surface area contributed by atoms with E-state index in [1.807, 2.05) is 24.5 Å². The number of halogens is 2. The van der Waals surface area contributed by atoms with E-state index >= 15 is 0 Å². The highest BCUT2D eigenvalue weighted by Gasteiger charge is 2.23. The van der Waals surface area contributed by atoms with Gasteiger partial charge in [0.1, 0.15) is 0 Å². The van der Waals surface area contributed by atoms with Gasteiger partial charge in [-0.2, -0.15) is 0 Å². The van der Waals surface area contributed by atoms with Crippen molar-refractivity contribution in [2.45, 2.75) is 31.7 Å². The van der Waals surface area contributed by atoms with Crippen molar-refractivity contribution in [3.05, 3.63) is 58.3 Å². The molecule has 0 aliphatic carbocycles. The lowest BCUT2D eigenvalue weighted by molar-refractivity contribution is 0.137. The maximum Gasteiger partial charge on any atom is 0.156 e. The third-order valence-electron chi connectivity index (χ3n) is 4.44. The van der Waals surface area contributed by atoms with Crippen LogP contribution in [0.1, 0.15) is 37.3 Å². The molecule has 3 rings (SSSR count). The van der Waals surface area contributed by atoms with Crippen LogP contribution >= 0.6 is 23.2 Å². The summed E-state index contributed by atoms with van der Waals surface area (Å²) in [7, 11) is 0. The minimum Gasteiger partial charge on any atom is -0.490 e. The van der Waals surface area contributed by atoms with E-state index in [1.165, 1.54) is 24.8 Å². The number of piperidine rings is 1. The minimum absolute atomic E-state index is 0.469. The lowest BCUT2D eigenvalue weighted by Crippen LogP contribution is -2.34. The molecule has 0 amide bonds. The molecule has 5 heteroatoms. The molecule has 1 aliphatic rings. The molecule has 24 heavy (non-hydrogen) atoms. The predicted octanol–water partition coefficient (Wildman–Crippen LogP) is 5.38. The lowest BCUT2D eigenvalue weighted by atomic mass is 9.96. The van der Waals surface area contributed by atoms with E-state index in [2.05, 4.69) is 16.0 Å². The highest BCUT2D eigenvalue weighted by atomic mass is 35.5. The summed E-state index contributed by atoms with van der Waals surface area (Å²) in [4.78, 5) is 6.81. The van der Waals surface area contributed by atoms with Gasteiger partial charge < -0.3 is 4.74 Å². The van der Waals surface area contributed by atoms with Crippen LogP contribution in [0.25, 0.3) is 0 Å². The molecule has 1 saturated heterocycles. The summed E-state index contributed by atoms with van der Waals surface area (Å²) >= 11 is 12.3. The van der Waals surface area contributed by atoms with Crippen LogP contribution in [0.3, 0.4) is 0 Å². The molecule has 0 spiro atoms. The molecule has 0 radical (unpaired) electrons. The number of rotatable bonds is 6. The number of hydrogen-bond donors (Lipinski definition) is 0. The van der Waals surface area contributed by atoms with Gasteiger partial charge in [-0.1, -0.05) is 41.8 Å². The Morgan fingerprint density at radius 2 is 1.96 bits per heavy atom. The van der Waals surface area contributed by atoms with Crippen molar-refractivity contribution in [2.24, 2.45) is 0 Å². The Balaban J connectivity index is 1.53. The number of pyridine rings is 1. The Hall–Kier alpha value is -1.29. The van der Waals surface area contributed by atoms with Gasteiger partial charge in [0.05, 0.1) is 16.7 Å². The van der Waals surface area contributed by atoms with Gasteiger partial charge >= 0.3 is 0 Å². The summed E-state index contributed by atoms with van der Waals surface area (Å²) in [6, 6.07) is 10.1. The molecule has 2 aromatic rings. The summed E-state index contributed by atoms with van der Waals surface area (Å²) in [5, 5.41) is 1.13. The third-order valence-corrected chi connectivity index (χ3v) is 5.03. The summed E-state index contributed by atoms with van der Waals surface area (Å²) in [5.41, 5.74) is 1.31. The van der Waals surface area contributed by atoms with Gasteiger partial charge in [0, 0.05) is 25.0 Å². The molecular formula is C19H22Cl2N2O. The maximum atomic E-state index is 6.13. The van der Waals surface area contributed by atoms with Crippen molar-refractivity contribution in [3.63, 3.8) is 0 Å². The van der Waals surface area contributed by atoms with Gasteiger partial charge in [-0.15, -0.1) is 0 Å². The van der Waals surface area contributed by atoms with Crippen molar-refractivity contribution in [2.75, 3.05) is 19.7 Å². The maximum absolute atomic E-state index is 6.13. The van der Waals surface area contributed by atoms with E-state index in [0.717, 1.165) is 19.5 Å². The molecule has 1 atom stereocenters. The number of para-hydroxylation sites is 1. The van der Waals surface area contributed by atoms with E-state index in [1.54, 1.807) is 12.1 Å². The van der Waals surface area contributed by atoms with Gasteiger partial charge in [-0.05, 0) is 49.6 Å². The van der Waals surface area contributed by atoms with E-state index < -0.39 is 0 Å². The molecule has 1 aromatic carbocycles. The molecular weight excluding hydrogens is 343 g/mol. The topological polar surface area (TPSA) is 25.4 Å². The number of ether oxygens (including phenoxy) is 1. The monoisotopic (exact) mass is 364 g/mol. The first-order valence-corrected chi connectivity index (χ1v) is 9.22. The standard InChI is InChI=1S/C19H22Cl2N2O/c20-16-7-3-8-17(21)19(16)24-13-5-12-23-11-2-1-9-18(23)15-6-4-10-22-14-15/h3-4,6-8,10,14,18H,1-2,5,9,11-13H2/t18-/m0/s1. The van der Waals surface area contributed by atoms with Crippen molar-refractivity contribution < 1.29 is 4.74 Å².